The van der Waals surface area contributed by atoms with Gasteiger partial charge in [-0.1, -0.05) is 49.2 Å². The number of hydrogen-bond acceptors (Lipinski definition) is 4. The smallest absolute Gasteiger partial charge is 0.0692 e. The summed E-state index contributed by atoms with van der Waals surface area (Å²) in [7, 11) is 0. The minimum Gasteiger partial charge on any atom is -0.310 e. The second kappa shape index (κ2) is 8.78. The molecule has 4 heteroatoms. The molecule has 0 spiro atoms. The zero-order chi connectivity index (χ0) is 16.7. The molecule has 0 saturated carbocycles. The fourth-order valence-corrected chi connectivity index (χ4v) is 3.27. The fourth-order valence-electron chi connectivity index (χ4n) is 1.74. The molecule has 2 rings (SSSR count). The van der Waals surface area contributed by atoms with Gasteiger partial charge in [0.05, 0.1) is 13.2 Å². The van der Waals surface area contributed by atoms with Gasteiger partial charge in [-0.2, -0.15) is 0 Å². The monoisotopic (exact) mass is 348 g/mol. The van der Waals surface area contributed by atoms with Crippen molar-refractivity contribution in [3.8, 4) is 0 Å². The van der Waals surface area contributed by atoms with Crippen molar-refractivity contribution >= 4 is 24.1 Å². The molecule has 0 aliphatic rings. The molecule has 0 bridgehead atoms. The van der Waals surface area contributed by atoms with Crippen LogP contribution in [0, 0.1) is 19.3 Å². The third-order valence-electron chi connectivity index (χ3n) is 3.25. The van der Waals surface area contributed by atoms with Crippen molar-refractivity contribution in [3.05, 3.63) is 59.7 Å². The topological polar surface area (TPSA) is 18.5 Å². The lowest BCUT2D eigenvalue weighted by Gasteiger charge is -2.23. The Morgan fingerprint density at radius 2 is 1.04 bits per heavy atom. The highest BCUT2D eigenvalue weighted by molar-refractivity contribution is 7.95. The predicted octanol–water partition coefficient (Wildman–Crippen LogP) is 6.08. The molecule has 0 aliphatic heterocycles. The van der Waals surface area contributed by atoms with Gasteiger partial charge >= 0.3 is 0 Å². The van der Waals surface area contributed by atoms with E-state index in [0.717, 1.165) is 9.79 Å². The summed E-state index contributed by atoms with van der Waals surface area (Å²) in [5.41, 5.74) is 2.49. The van der Waals surface area contributed by atoms with E-state index in [0.29, 0.717) is 13.2 Å². The second-order valence-corrected chi connectivity index (χ2v) is 8.23. The molecule has 0 aromatic heterocycles. The van der Waals surface area contributed by atoms with Crippen molar-refractivity contribution in [3.63, 3.8) is 0 Å². The van der Waals surface area contributed by atoms with Crippen LogP contribution >= 0.6 is 24.1 Å². The minimum atomic E-state index is -0.0323. The van der Waals surface area contributed by atoms with Gasteiger partial charge in [0.2, 0.25) is 0 Å². The van der Waals surface area contributed by atoms with E-state index in [4.69, 9.17) is 8.37 Å². The normalized spacial score (nSPS) is 11.7. The zero-order valence-corrected chi connectivity index (χ0v) is 15.8. The summed E-state index contributed by atoms with van der Waals surface area (Å²) in [5, 5.41) is 0. The average Bonchev–Trinajstić information content (AvgIpc) is 2.51. The molecule has 124 valence electrons. The van der Waals surface area contributed by atoms with E-state index in [2.05, 4.69) is 76.2 Å². The molecule has 0 amide bonds. The molecule has 0 unspecified atom stereocenters. The molecule has 2 nitrogen and oxygen atoms in total. The first kappa shape index (κ1) is 18.4. The van der Waals surface area contributed by atoms with Crippen molar-refractivity contribution in [1.29, 1.82) is 0 Å². The standard InChI is InChI=1S/C19H24O2S2/c1-15-5-9-17(10-6-15)22-20-13-19(3,4)14-21-23-18-11-7-16(2)8-12-18/h5-12H,13-14H2,1-4H3. The van der Waals surface area contributed by atoms with Gasteiger partial charge in [0.1, 0.15) is 0 Å². The summed E-state index contributed by atoms with van der Waals surface area (Å²) in [6.07, 6.45) is 0. The van der Waals surface area contributed by atoms with Gasteiger partial charge in [-0.15, -0.1) is 0 Å². The van der Waals surface area contributed by atoms with Gasteiger partial charge < -0.3 is 8.37 Å². The lowest BCUT2D eigenvalue weighted by atomic mass is 9.97. The maximum absolute atomic E-state index is 5.77. The first-order valence-corrected chi connectivity index (χ1v) is 9.15. The molecule has 0 radical (unpaired) electrons. The molecular formula is C19H24O2S2. The Labute approximate surface area is 148 Å². The van der Waals surface area contributed by atoms with E-state index >= 15 is 0 Å². The van der Waals surface area contributed by atoms with Crippen molar-refractivity contribution in [2.75, 3.05) is 13.2 Å². The Balaban J connectivity index is 1.69. The highest BCUT2D eigenvalue weighted by Crippen LogP contribution is 2.27. The van der Waals surface area contributed by atoms with Crippen LogP contribution in [0.5, 0.6) is 0 Å². The molecule has 2 aromatic carbocycles. The van der Waals surface area contributed by atoms with Crippen LogP contribution in [0.3, 0.4) is 0 Å². The first-order valence-electron chi connectivity index (χ1n) is 7.67. The van der Waals surface area contributed by atoms with Crippen molar-refractivity contribution < 1.29 is 8.37 Å². The molecule has 0 atom stereocenters. The van der Waals surface area contributed by atoms with Crippen LogP contribution in [0.2, 0.25) is 0 Å². The third kappa shape index (κ3) is 7.00. The molecule has 0 saturated heterocycles. The lowest BCUT2D eigenvalue weighted by molar-refractivity contribution is 0.137. The quantitative estimate of drug-likeness (QED) is 0.538. The minimum absolute atomic E-state index is 0.0323. The van der Waals surface area contributed by atoms with Crippen molar-refractivity contribution in [2.24, 2.45) is 5.41 Å². The number of hydrogen-bond donors (Lipinski definition) is 0. The Hall–Kier alpha value is -0.940. The lowest BCUT2D eigenvalue weighted by Crippen LogP contribution is -2.23. The van der Waals surface area contributed by atoms with E-state index in [1.807, 2.05) is 0 Å². The summed E-state index contributed by atoms with van der Waals surface area (Å²) in [4.78, 5) is 2.25. The van der Waals surface area contributed by atoms with Gasteiger partial charge in [0.25, 0.3) is 0 Å². The maximum atomic E-state index is 5.77. The van der Waals surface area contributed by atoms with Gasteiger partial charge in [0, 0.05) is 39.3 Å². The zero-order valence-electron chi connectivity index (χ0n) is 14.2. The number of rotatable bonds is 8. The average molecular weight is 349 g/mol. The van der Waals surface area contributed by atoms with E-state index in [9.17, 15) is 0 Å². The van der Waals surface area contributed by atoms with E-state index in [1.54, 1.807) is 0 Å². The Bertz CT molecular complexity index is 538. The summed E-state index contributed by atoms with van der Waals surface area (Å²) in [6.45, 7) is 9.75. The first-order chi connectivity index (χ1) is 10.9. The van der Waals surface area contributed by atoms with Crippen molar-refractivity contribution in [2.45, 2.75) is 37.5 Å². The van der Waals surface area contributed by atoms with Crippen LogP contribution in [0.25, 0.3) is 0 Å². The van der Waals surface area contributed by atoms with E-state index in [1.165, 1.54) is 35.2 Å². The largest absolute Gasteiger partial charge is 0.310 e. The molecule has 23 heavy (non-hydrogen) atoms. The third-order valence-corrected chi connectivity index (χ3v) is 4.65. The van der Waals surface area contributed by atoms with Crippen LogP contribution in [0.15, 0.2) is 58.3 Å². The molecule has 2 aromatic rings. The van der Waals surface area contributed by atoms with Crippen LogP contribution in [0.4, 0.5) is 0 Å². The summed E-state index contributed by atoms with van der Waals surface area (Å²) in [5.74, 6) is 0. The van der Waals surface area contributed by atoms with Crippen LogP contribution in [-0.4, -0.2) is 13.2 Å². The summed E-state index contributed by atoms with van der Waals surface area (Å²) < 4.78 is 11.5. The molecule has 0 heterocycles. The van der Waals surface area contributed by atoms with Crippen LogP contribution in [-0.2, 0) is 8.37 Å². The summed E-state index contributed by atoms with van der Waals surface area (Å²) >= 11 is 2.85. The molecule has 0 N–H and O–H groups in total. The highest BCUT2D eigenvalue weighted by atomic mass is 32.2. The van der Waals surface area contributed by atoms with Gasteiger partial charge in [0.15, 0.2) is 0 Å². The summed E-state index contributed by atoms with van der Waals surface area (Å²) in [6, 6.07) is 16.7. The Morgan fingerprint density at radius 3 is 1.39 bits per heavy atom. The highest BCUT2D eigenvalue weighted by Gasteiger charge is 2.19. The van der Waals surface area contributed by atoms with Crippen LogP contribution < -0.4 is 0 Å². The predicted molar refractivity (Wildman–Crippen MR) is 99.8 cm³/mol. The van der Waals surface area contributed by atoms with Gasteiger partial charge in [-0.25, -0.2) is 0 Å². The van der Waals surface area contributed by atoms with Crippen LogP contribution in [0.1, 0.15) is 25.0 Å². The van der Waals surface area contributed by atoms with Gasteiger partial charge in [-0.05, 0) is 38.1 Å². The Kier molecular flexibility index (Phi) is 7.03. The van der Waals surface area contributed by atoms with E-state index < -0.39 is 0 Å². The molecule has 0 aliphatic carbocycles. The number of aryl methyl sites for hydroxylation is 2. The maximum Gasteiger partial charge on any atom is 0.0692 e. The SMILES string of the molecule is Cc1ccc(SOCC(C)(C)COSc2ccc(C)cc2)cc1. The van der Waals surface area contributed by atoms with Gasteiger partial charge in [-0.3, -0.25) is 0 Å². The Morgan fingerprint density at radius 1 is 0.696 bits per heavy atom. The second-order valence-electron chi connectivity index (χ2n) is 6.48. The number of benzene rings is 2. The van der Waals surface area contributed by atoms with E-state index in [-0.39, 0.29) is 5.41 Å². The van der Waals surface area contributed by atoms with Crippen molar-refractivity contribution in [1.82, 2.24) is 0 Å². The molecular weight excluding hydrogens is 324 g/mol. The fraction of sp³-hybridized carbons (Fsp3) is 0.368. The molecule has 0 fully saturated rings.